The van der Waals surface area contributed by atoms with Gasteiger partial charge >= 0.3 is 5.76 Å². The Bertz CT molecular complexity index is 855. The average molecular weight is 304 g/mol. The summed E-state index contributed by atoms with van der Waals surface area (Å²) >= 11 is 5.84. The SMILES string of the molecule is O=C(Cn1c(=O)oc2cc(Cl)ccc21)Nc1cccnc1. The highest BCUT2D eigenvalue weighted by molar-refractivity contribution is 6.31. The molecule has 0 bridgehead atoms. The van der Waals surface area contributed by atoms with E-state index < -0.39 is 5.76 Å². The van der Waals surface area contributed by atoms with E-state index in [1.165, 1.54) is 16.8 Å². The second-order valence-electron chi connectivity index (χ2n) is 4.36. The van der Waals surface area contributed by atoms with E-state index in [4.69, 9.17) is 16.0 Å². The molecule has 0 saturated carbocycles. The molecule has 1 N–H and O–H groups in total. The summed E-state index contributed by atoms with van der Waals surface area (Å²) in [5, 5.41) is 3.12. The van der Waals surface area contributed by atoms with Crippen LogP contribution in [0.1, 0.15) is 0 Å². The summed E-state index contributed by atoms with van der Waals surface area (Å²) in [7, 11) is 0. The van der Waals surface area contributed by atoms with E-state index in [9.17, 15) is 9.59 Å². The van der Waals surface area contributed by atoms with Gasteiger partial charge in [-0.05, 0) is 24.3 Å². The molecule has 0 unspecified atom stereocenters. The van der Waals surface area contributed by atoms with Gasteiger partial charge in [0.05, 0.1) is 17.4 Å². The summed E-state index contributed by atoms with van der Waals surface area (Å²) in [4.78, 5) is 27.7. The van der Waals surface area contributed by atoms with Crippen LogP contribution in [0.4, 0.5) is 5.69 Å². The van der Waals surface area contributed by atoms with Crippen LogP contribution in [-0.4, -0.2) is 15.5 Å². The van der Waals surface area contributed by atoms with Crippen LogP contribution in [-0.2, 0) is 11.3 Å². The summed E-state index contributed by atoms with van der Waals surface area (Å²) < 4.78 is 6.31. The predicted octanol–water partition coefficient (Wildman–Crippen LogP) is 2.28. The Balaban J connectivity index is 1.86. The summed E-state index contributed by atoms with van der Waals surface area (Å²) in [5.41, 5.74) is 1.43. The number of amides is 1. The number of oxazole rings is 1. The zero-order chi connectivity index (χ0) is 14.8. The smallest absolute Gasteiger partial charge is 0.408 e. The number of fused-ring (bicyclic) bond motifs is 1. The van der Waals surface area contributed by atoms with Crippen LogP contribution in [0.15, 0.2) is 51.9 Å². The molecular weight excluding hydrogens is 294 g/mol. The molecule has 0 atom stereocenters. The maximum Gasteiger partial charge on any atom is 0.420 e. The first-order chi connectivity index (χ1) is 10.1. The maximum absolute atomic E-state index is 12.0. The number of carbonyl (C=O) groups excluding carboxylic acids is 1. The Morgan fingerprint density at radius 1 is 1.38 bits per heavy atom. The van der Waals surface area contributed by atoms with Gasteiger partial charge in [0.25, 0.3) is 0 Å². The van der Waals surface area contributed by atoms with Crippen molar-refractivity contribution in [3.05, 3.63) is 58.3 Å². The van der Waals surface area contributed by atoms with Crippen molar-refractivity contribution >= 4 is 34.3 Å². The van der Waals surface area contributed by atoms with Crippen molar-refractivity contribution in [1.29, 1.82) is 0 Å². The highest BCUT2D eigenvalue weighted by Gasteiger charge is 2.13. The summed E-state index contributed by atoms with van der Waals surface area (Å²) in [5.74, 6) is -0.948. The van der Waals surface area contributed by atoms with Gasteiger partial charge < -0.3 is 9.73 Å². The van der Waals surface area contributed by atoms with Crippen LogP contribution in [0.5, 0.6) is 0 Å². The molecule has 2 heterocycles. The lowest BCUT2D eigenvalue weighted by Crippen LogP contribution is -2.24. The van der Waals surface area contributed by atoms with Gasteiger partial charge in [0.1, 0.15) is 6.54 Å². The lowest BCUT2D eigenvalue weighted by atomic mass is 10.3. The predicted molar refractivity (Wildman–Crippen MR) is 78.4 cm³/mol. The van der Waals surface area contributed by atoms with Crippen molar-refractivity contribution < 1.29 is 9.21 Å². The quantitative estimate of drug-likeness (QED) is 0.805. The number of pyridine rings is 1. The van der Waals surface area contributed by atoms with Gasteiger partial charge in [0, 0.05) is 17.3 Å². The molecule has 1 aromatic carbocycles. The zero-order valence-corrected chi connectivity index (χ0v) is 11.5. The Kier molecular flexibility index (Phi) is 3.45. The van der Waals surface area contributed by atoms with Crippen molar-refractivity contribution in [3.63, 3.8) is 0 Å². The molecule has 3 aromatic rings. The number of carbonyl (C=O) groups is 1. The van der Waals surface area contributed by atoms with E-state index in [2.05, 4.69) is 10.3 Å². The van der Waals surface area contributed by atoms with Crippen LogP contribution in [0.25, 0.3) is 11.1 Å². The van der Waals surface area contributed by atoms with E-state index in [1.54, 1.807) is 30.5 Å². The molecule has 2 aromatic heterocycles. The van der Waals surface area contributed by atoms with E-state index in [0.29, 0.717) is 21.8 Å². The molecular formula is C14H10ClN3O3. The number of nitrogens with one attached hydrogen (secondary N) is 1. The Hall–Kier alpha value is -2.60. The lowest BCUT2D eigenvalue weighted by molar-refractivity contribution is -0.116. The first kappa shape index (κ1) is 13.4. The number of hydrogen-bond donors (Lipinski definition) is 1. The maximum atomic E-state index is 12.0. The van der Waals surface area contributed by atoms with E-state index in [-0.39, 0.29) is 12.5 Å². The van der Waals surface area contributed by atoms with Crippen LogP contribution < -0.4 is 11.1 Å². The molecule has 0 aliphatic heterocycles. The molecule has 21 heavy (non-hydrogen) atoms. The van der Waals surface area contributed by atoms with E-state index >= 15 is 0 Å². The minimum absolute atomic E-state index is 0.150. The zero-order valence-electron chi connectivity index (χ0n) is 10.7. The van der Waals surface area contributed by atoms with Crippen molar-refractivity contribution in [2.45, 2.75) is 6.54 Å². The van der Waals surface area contributed by atoms with Crippen LogP contribution in [0, 0.1) is 0 Å². The van der Waals surface area contributed by atoms with Crippen molar-refractivity contribution in [2.75, 3.05) is 5.32 Å². The number of rotatable bonds is 3. The summed E-state index contributed by atoms with van der Waals surface area (Å²) in [6, 6.07) is 8.22. The number of aromatic nitrogens is 2. The highest BCUT2D eigenvalue weighted by atomic mass is 35.5. The van der Waals surface area contributed by atoms with Gasteiger partial charge in [0.15, 0.2) is 5.58 Å². The average Bonchev–Trinajstić information content (AvgIpc) is 2.75. The lowest BCUT2D eigenvalue weighted by Gasteiger charge is -2.04. The monoisotopic (exact) mass is 303 g/mol. The normalized spacial score (nSPS) is 10.7. The van der Waals surface area contributed by atoms with Gasteiger partial charge in [-0.25, -0.2) is 4.79 Å². The minimum Gasteiger partial charge on any atom is -0.408 e. The fourth-order valence-corrected chi connectivity index (χ4v) is 2.13. The second kappa shape index (κ2) is 5.41. The van der Waals surface area contributed by atoms with Crippen molar-refractivity contribution in [2.24, 2.45) is 0 Å². The third-order valence-electron chi connectivity index (χ3n) is 2.88. The van der Waals surface area contributed by atoms with Gasteiger partial charge in [-0.3, -0.25) is 14.3 Å². The standard InChI is InChI=1S/C14H10ClN3O3/c15-9-3-4-11-12(6-9)21-14(20)18(11)8-13(19)17-10-2-1-5-16-7-10/h1-7H,8H2,(H,17,19). The summed E-state index contributed by atoms with van der Waals surface area (Å²) in [6.45, 7) is -0.150. The number of halogens is 1. The molecule has 0 saturated heterocycles. The van der Waals surface area contributed by atoms with Gasteiger partial charge in [-0.1, -0.05) is 11.6 Å². The molecule has 0 aliphatic rings. The second-order valence-corrected chi connectivity index (χ2v) is 4.79. The number of nitrogens with zero attached hydrogens (tertiary/aromatic N) is 2. The van der Waals surface area contributed by atoms with Crippen molar-refractivity contribution in [3.8, 4) is 0 Å². The Morgan fingerprint density at radius 3 is 3.00 bits per heavy atom. The summed E-state index contributed by atoms with van der Waals surface area (Å²) in [6.07, 6.45) is 3.13. The van der Waals surface area contributed by atoms with Gasteiger partial charge in [0.2, 0.25) is 5.91 Å². The topological polar surface area (TPSA) is 77.1 Å². The number of hydrogen-bond acceptors (Lipinski definition) is 4. The van der Waals surface area contributed by atoms with Gasteiger partial charge in [-0.2, -0.15) is 0 Å². The van der Waals surface area contributed by atoms with Crippen LogP contribution in [0.3, 0.4) is 0 Å². The number of anilines is 1. The molecule has 0 radical (unpaired) electrons. The molecule has 0 aliphatic carbocycles. The molecule has 3 rings (SSSR count). The highest BCUT2D eigenvalue weighted by Crippen LogP contribution is 2.18. The molecule has 106 valence electrons. The number of benzene rings is 1. The molecule has 6 nitrogen and oxygen atoms in total. The third-order valence-corrected chi connectivity index (χ3v) is 3.11. The van der Waals surface area contributed by atoms with E-state index in [1.807, 2.05) is 0 Å². The molecule has 0 spiro atoms. The van der Waals surface area contributed by atoms with E-state index in [0.717, 1.165) is 0 Å². The molecule has 7 heteroatoms. The fraction of sp³-hybridized carbons (Fsp3) is 0.0714. The first-order valence-corrected chi connectivity index (χ1v) is 6.50. The molecule has 1 amide bonds. The van der Waals surface area contributed by atoms with Crippen LogP contribution in [0.2, 0.25) is 5.02 Å². The molecule has 0 fully saturated rings. The van der Waals surface area contributed by atoms with Gasteiger partial charge in [-0.15, -0.1) is 0 Å². The Labute approximate surface area is 124 Å². The fourth-order valence-electron chi connectivity index (χ4n) is 1.97. The third kappa shape index (κ3) is 2.80. The largest absolute Gasteiger partial charge is 0.420 e. The van der Waals surface area contributed by atoms with Crippen LogP contribution >= 0.6 is 11.6 Å². The van der Waals surface area contributed by atoms with Crippen molar-refractivity contribution in [1.82, 2.24) is 9.55 Å². The minimum atomic E-state index is -0.603. The first-order valence-electron chi connectivity index (χ1n) is 6.12. The Morgan fingerprint density at radius 2 is 2.24 bits per heavy atom.